The van der Waals surface area contributed by atoms with Crippen LogP contribution in [0.3, 0.4) is 0 Å². The van der Waals surface area contributed by atoms with Gasteiger partial charge < -0.3 is 10.8 Å². The summed E-state index contributed by atoms with van der Waals surface area (Å²) in [5.41, 5.74) is 5.65. The van der Waals surface area contributed by atoms with Crippen molar-refractivity contribution in [2.75, 3.05) is 18.1 Å². The summed E-state index contributed by atoms with van der Waals surface area (Å²) in [4.78, 5) is 0. The number of thioether (sulfide) groups is 1. The molecule has 1 rings (SSSR count). The lowest BCUT2D eigenvalue weighted by Crippen LogP contribution is -2.54. The molecule has 0 spiro atoms. The fraction of sp³-hybridized carbons (Fsp3) is 1.00. The van der Waals surface area contributed by atoms with E-state index in [0.717, 1.165) is 17.9 Å². The first kappa shape index (κ1) is 8.37. The molecule has 0 saturated carbocycles. The van der Waals surface area contributed by atoms with Gasteiger partial charge in [0.25, 0.3) is 0 Å². The first-order chi connectivity index (χ1) is 4.73. The van der Waals surface area contributed by atoms with Crippen LogP contribution in [-0.2, 0) is 0 Å². The van der Waals surface area contributed by atoms with Gasteiger partial charge in [0.2, 0.25) is 0 Å². The normalized spacial score (nSPS) is 25.5. The quantitative estimate of drug-likeness (QED) is 0.631. The van der Waals surface area contributed by atoms with Gasteiger partial charge >= 0.3 is 0 Å². The third-order valence-corrected chi connectivity index (χ3v) is 3.68. The predicted molar refractivity (Wildman–Crippen MR) is 45.1 cm³/mol. The van der Waals surface area contributed by atoms with Gasteiger partial charge in [-0.15, -0.1) is 0 Å². The number of hydrogen-bond acceptors (Lipinski definition) is 3. The van der Waals surface area contributed by atoms with E-state index in [9.17, 15) is 0 Å². The summed E-state index contributed by atoms with van der Waals surface area (Å²) in [6.45, 7) is 2.17. The third kappa shape index (κ3) is 1.31. The largest absolute Gasteiger partial charge is 0.394 e. The maximum atomic E-state index is 8.99. The van der Waals surface area contributed by atoms with E-state index in [0.29, 0.717) is 5.92 Å². The third-order valence-electron chi connectivity index (χ3n) is 2.40. The van der Waals surface area contributed by atoms with Gasteiger partial charge in [-0.05, 0) is 23.8 Å². The Labute approximate surface area is 66.2 Å². The smallest absolute Gasteiger partial charge is 0.0614 e. The van der Waals surface area contributed by atoms with E-state index in [2.05, 4.69) is 0 Å². The Balaban J connectivity index is 2.44. The number of aliphatic hydroxyl groups is 1. The predicted octanol–water partition coefficient (Wildman–Crippen LogP) is 0.449. The van der Waals surface area contributed by atoms with Crippen LogP contribution in [0.1, 0.15) is 13.3 Å². The van der Waals surface area contributed by atoms with Crippen molar-refractivity contribution < 1.29 is 5.11 Å². The Morgan fingerprint density at radius 2 is 2.30 bits per heavy atom. The molecule has 1 aliphatic heterocycles. The molecule has 0 bridgehead atoms. The first-order valence-corrected chi connectivity index (χ1v) is 4.86. The summed E-state index contributed by atoms with van der Waals surface area (Å²) in [6, 6.07) is 0. The minimum atomic E-state index is -0.286. The Morgan fingerprint density at radius 3 is 2.40 bits per heavy atom. The Kier molecular flexibility index (Phi) is 2.61. The van der Waals surface area contributed by atoms with Crippen LogP contribution in [0, 0.1) is 5.92 Å². The molecule has 0 aromatic carbocycles. The molecule has 1 saturated heterocycles. The minimum Gasteiger partial charge on any atom is -0.394 e. The molecule has 10 heavy (non-hydrogen) atoms. The molecule has 2 nitrogen and oxygen atoms in total. The van der Waals surface area contributed by atoms with E-state index < -0.39 is 0 Å². The van der Waals surface area contributed by atoms with Gasteiger partial charge in [-0.2, -0.15) is 11.8 Å². The van der Waals surface area contributed by atoms with Crippen LogP contribution in [0.15, 0.2) is 0 Å². The van der Waals surface area contributed by atoms with Crippen molar-refractivity contribution in [1.82, 2.24) is 0 Å². The van der Waals surface area contributed by atoms with E-state index in [1.807, 2.05) is 18.7 Å². The van der Waals surface area contributed by atoms with Crippen LogP contribution in [0.5, 0.6) is 0 Å². The number of nitrogens with two attached hydrogens (primary N) is 1. The molecule has 0 amide bonds. The highest BCUT2D eigenvalue weighted by molar-refractivity contribution is 8.00. The summed E-state index contributed by atoms with van der Waals surface area (Å²) in [7, 11) is 0. The second kappa shape index (κ2) is 3.11. The topological polar surface area (TPSA) is 46.2 Å². The van der Waals surface area contributed by atoms with E-state index in [1.54, 1.807) is 0 Å². The minimum absolute atomic E-state index is 0.134. The summed E-state index contributed by atoms with van der Waals surface area (Å²) in [6.07, 6.45) is 0.884. The fourth-order valence-electron chi connectivity index (χ4n) is 1.10. The van der Waals surface area contributed by atoms with Crippen LogP contribution in [0.4, 0.5) is 0 Å². The molecule has 0 aliphatic carbocycles. The maximum Gasteiger partial charge on any atom is 0.0614 e. The van der Waals surface area contributed by atoms with Crippen LogP contribution >= 0.6 is 11.8 Å². The molecular formula is C7H15NOS. The van der Waals surface area contributed by atoms with Gasteiger partial charge in [0, 0.05) is 5.54 Å². The van der Waals surface area contributed by atoms with E-state index in [1.165, 1.54) is 0 Å². The van der Waals surface area contributed by atoms with Gasteiger partial charge in [-0.25, -0.2) is 0 Å². The van der Waals surface area contributed by atoms with Crippen LogP contribution in [0.25, 0.3) is 0 Å². The monoisotopic (exact) mass is 161 g/mol. The SMILES string of the molecule is CCC(N)(CO)C1CSC1. The average molecular weight is 161 g/mol. The summed E-state index contributed by atoms with van der Waals surface area (Å²) in [5, 5.41) is 8.99. The van der Waals surface area contributed by atoms with Crippen LogP contribution < -0.4 is 5.73 Å². The van der Waals surface area contributed by atoms with Crippen LogP contribution in [-0.4, -0.2) is 28.8 Å². The molecular weight excluding hydrogens is 146 g/mol. The average Bonchev–Trinajstić information content (AvgIpc) is 1.84. The zero-order chi connectivity index (χ0) is 7.61. The van der Waals surface area contributed by atoms with Gasteiger partial charge in [0.1, 0.15) is 0 Å². The molecule has 1 unspecified atom stereocenters. The Hall–Kier alpha value is 0.270. The van der Waals surface area contributed by atoms with E-state index >= 15 is 0 Å². The highest BCUT2D eigenvalue weighted by Gasteiger charge is 2.36. The molecule has 1 heterocycles. The second-order valence-corrected chi connectivity index (χ2v) is 4.05. The number of hydrogen-bond donors (Lipinski definition) is 2. The summed E-state index contributed by atoms with van der Waals surface area (Å²) in [5.74, 6) is 2.81. The van der Waals surface area contributed by atoms with Crippen molar-refractivity contribution in [2.24, 2.45) is 11.7 Å². The second-order valence-electron chi connectivity index (χ2n) is 2.98. The number of rotatable bonds is 3. The van der Waals surface area contributed by atoms with Crippen molar-refractivity contribution in [3.8, 4) is 0 Å². The Morgan fingerprint density at radius 1 is 1.70 bits per heavy atom. The summed E-state index contributed by atoms with van der Waals surface area (Å²) < 4.78 is 0. The molecule has 60 valence electrons. The van der Waals surface area contributed by atoms with Crippen LogP contribution in [0.2, 0.25) is 0 Å². The van der Waals surface area contributed by atoms with Gasteiger partial charge in [-0.3, -0.25) is 0 Å². The van der Waals surface area contributed by atoms with Crippen molar-refractivity contribution in [3.63, 3.8) is 0 Å². The highest BCUT2D eigenvalue weighted by Crippen LogP contribution is 2.33. The van der Waals surface area contributed by atoms with E-state index in [-0.39, 0.29) is 12.1 Å². The molecule has 0 radical (unpaired) electrons. The van der Waals surface area contributed by atoms with Crippen molar-refractivity contribution in [1.29, 1.82) is 0 Å². The first-order valence-electron chi connectivity index (χ1n) is 3.70. The lowest BCUT2D eigenvalue weighted by molar-refractivity contribution is 0.150. The zero-order valence-electron chi connectivity index (χ0n) is 6.34. The van der Waals surface area contributed by atoms with E-state index in [4.69, 9.17) is 10.8 Å². The van der Waals surface area contributed by atoms with Crippen molar-refractivity contribution in [2.45, 2.75) is 18.9 Å². The van der Waals surface area contributed by atoms with Gasteiger partial charge in [-0.1, -0.05) is 6.92 Å². The fourth-order valence-corrected chi connectivity index (χ4v) is 2.23. The number of aliphatic hydroxyl groups excluding tert-OH is 1. The molecule has 1 fully saturated rings. The lowest BCUT2D eigenvalue weighted by Gasteiger charge is -2.40. The molecule has 0 aromatic heterocycles. The van der Waals surface area contributed by atoms with Crippen molar-refractivity contribution >= 4 is 11.8 Å². The lowest BCUT2D eigenvalue weighted by atomic mass is 9.85. The maximum absolute atomic E-state index is 8.99. The molecule has 0 aromatic rings. The Bertz CT molecular complexity index is 110. The summed E-state index contributed by atoms with van der Waals surface area (Å²) >= 11 is 1.91. The molecule has 3 N–H and O–H groups in total. The molecule has 1 atom stereocenters. The standard InChI is InChI=1S/C7H15NOS/c1-2-7(8,5-9)6-3-10-4-6/h6,9H,2-5,8H2,1H3. The van der Waals surface area contributed by atoms with Crippen molar-refractivity contribution in [3.05, 3.63) is 0 Å². The molecule has 3 heteroatoms. The zero-order valence-corrected chi connectivity index (χ0v) is 7.16. The van der Waals surface area contributed by atoms with Gasteiger partial charge in [0.05, 0.1) is 6.61 Å². The van der Waals surface area contributed by atoms with Gasteiger partial charge in [0.15, 0.2) is 0 Å². The highest BCUT2D eigenvalue weighted by atomic mass is 32.2. The molecule has 1 aliphatic rings.